The number of unbranched alkanes of at least 4 members (excludes halogenated alkanes) is 1. The molecule has 146 valence electrons. The summed E-state index contributed by atoms with van der Waals surface area (Å²) in [6, 6.07) is 6.73. The molecule has 5 nitrogen and oxygen atoms in total. The van der Waals surface area contributed by atoms with Gasteiger partial charge in [0.15, 0.2) is 0 Å². The van der Waals surface area contributed by atoms with Crippen LogP contribution in [0.4, 0.5) is 10.1 Å². The number of hydrogen-bond donors (Lipinski definition) is 0. The Bertz CT molecular complexity index is 1000. The van der Waals surface area contributed by atoms with E-state index in [2.05, 4.69) is 16.9 Å². The van der Waals surface area contributed by atoms with Crippen molar-refractivity contribution in [1.82, 2.24) is 9.97 Å². The van der Waals surface area contributed by atoms with Crippen LogP contribution in [0.2, 0.25) is 0 Å². The van der Waals surface area contributed by atoms with E-state index < -0.39 is 0 Å². The van der Waals surface area contributed by atoms with Gasteiger partial charge in [-0.3, -0.25) is 9.78 Å². The average molecular weight is 381 g/mol. The molecule has 0 radical (unpaired) electrons. The van der Waals surface area contributed by atoms with E-state index in [0.717, 1.165) is 23.8 Å². The molecule has 2 heterocycles. The van der Waals surface area contributed by atoms with Gasteiger partial charge in [0.05, 0.1) is 24.0 Å². The van der Waals surface area contributed by atoms with E-state index in [1.807, 2.05) is 6.92 Å². The van der Waals surface area contributed by atoms with E-state index >= 15 is 0 Å². The maximum absolute atomic E-state index is 14.7. The van der Waals surface area contributed by atoms with E-state index in [4.69, 9.17) is 4.74 Å². The summed E-state index contributed by atoms with van der Waals surface area (Å²) >= 11 is 0. The van der Waals surface area contributed by atoms with Crippen molar-refractivity contribution in [2.24, 2.45) is 0 Å². The molecule has 2 aromatic heterocycles. The fraction of sp³-hybridized carbons (Fsp3) is 0.318. The number of ether oxygens (including phenoxy) is 1. The van der Waals surface area contributed by atoms with Crippen LogP contribution in [0, 0.1) is 12.7 Å². The van der Waals surface area contributed by atoms with Crippen LogP contribution < -0.4 is 9.64 Å². The molecule has 0 spiro atoms. The minimum Gasteiger partial charge on any atom is -0.478 e. The van der Waals surface area contributed by atoms with Crippen LogP contribution in [-0.2, 0) is 4.79 Å². The minimum atomic E-state index is -0.367. The summed E-state index contributed by atoms with van der Waals surface area (Å²) in [5, 5.41) is 0.797. The third-order valence-corrected chi connectivity index (χ3v) is 4.83. The molecule has 3 aromatic rings. The van der Waals surface area contributed by atoms with E-state index in [9.17, 15) is 9.18 Å². The molecular formula is C22H24FN3O2. The third kappa shape index (κ3) is 3.96. The zero-order valence-electron chi connectivity index (χ0n) is 16.6. The summed E-state index contributed by atoms with van der Waals surface area (Å²) < 4.78 is 20.3. The number of hydrogen-bond acceptors (Lipinski definition) is 4. The smallest absolute Gasteiger partial charge is 0.223 e. The molecule has 0 saturated heterocycles. The second-order valence-corrected chi connectivity index (χ2v) is 6.78. The van der Waals surface area contributed by atoms with Crippen LogP contribution >= 0.6 is 0 Å². The van der Waals surface area contributed by atoms with Crippen molar-refractivity contribution in [3.8, 4) is 17.0 Å². The highest BCUT2D eigenvalue weighted by Gasteiger charge is 2.15. The topological polar surface area (TPSA) is 55.3 Å². The average Bonchev–Trinajstić information content (AvgIpc) is 2.68. The lowest BCUT2D eigenvalue weighted by molar-refractivity contribution is -0.116. The number of carbonyl (C=O) groups excluding carboxylic acids is 1. The van der Waals surface area contributed by atoms with Crippen molar-refractivity contribution in [2.75, 3.05) is 18.6 Å². The lowest BCUT2D eigenvalue weighted by atomic mass is 10.0. The molecule has 0 aliphatic rings. The van der Waals surface area contributed by atoms with Crippen LogP contribution in [0.3, 0.4) is 0 Å². The van der Waals surface area contributed by atoms with Crippen molar-refractivity contribution in [2.45, 2.75) is 33.6 Å². The molecule has 6 heteroatoms. The molecule has 0 unspecified atom stereocenters. The predicted molar refractivity (Wildman–Crippen MR) is 109 cm³/mol. The molecule has 1 aromatic carbocycles. The van der Waals surface area contributed by atoms with Gasteiger partial charge >= 0.3 is 0 Å². The zero-order chi connectivity index (χ0) is 20.3. The molecule has 0 aliphatic carbocycles. The van der Waals surface area contributed by atoms with Gasteiger partial charge in [-0.05, 0) is 31.0 Å². The predicted octanol–water partition coefficient (Wildman–Crippen LogP) is 4.91. The summed E-state index contributed by atoms with van der Waals surface area (Å²) in [4.78, 5) is 21.9. The van der Waals surface area contributed by atoms with E-state index in [-0.39, 0.29) is 11.7 Å². The van der Waals surface area contributed by atoms with Gasteiger partial charge < -0.3 is 9.64 Å². The highest BCUT2D eigenvalue weighted by molar-refractivity contribution is 5.97. The Morgan fingerprint density at radius 3 is 2.64 bits per heavy atom. The first-order chi connectivity index (χ1) is 13.4. The Kier molecular flexibility index (Phi) is 5.87. The molecule has 0 aliphatic heterocycles. The highest BCUT2D eigenvalue weighted by atomic mass is 19.1. The molecule has 1 amide bonds. The van der Waals surface area contributed by atoms with Gasteiger partial charge in [-0.15, -0.1) is 0 Å². The Hall–Kier alpha value is -3.02. The van der Waals surface area contributed by atoms with Crippen molar-refractivity contribution < 1.29 is 13.9 Å². The Balaban J connectivity index is 2.00. The number of rotatable bonds is 6. The second kappa shape index (κ2) is 8.33. The summed E-state index contributed by atoms with van der Waals surface area (Å²) in [6.45, 7) is 6.11. The monoisotopic (exact) mass is 381 g/mol. The number of aromatic nitrogens is 2. The number of halogens is 1. The summed E-state index contributed by atoms with van der Waals surface area (Å²) in [5.41, 5.74) is 3.22. The van der Waals surface area contributed by atoms with Gasteiger partial charge in [0, 0.05) is 48.8 Å². The van der Waals surface area contributed by atoms with Gasteiger partial charge in [0.25, 0.3) is 0 Å². The molecule has 0 N–H and O–H groups in total. The molecule has 3 rings (SSSR count). The quantitative estimate of drug-likeness (QED) is 0.570. The minimum absolute atomic E-state index is 0.0885. The molecule has 0 fully saturated rings. The van der Waals surface area contributed by atoms with E-state index in [0.29, 0.717) is 34.8 Å². The largest absolute Gasteiger partial charge is 0.478 e. The highest BCUT2D eigenvalue weighted by Crippen LogP contribution is 2.32. The van der Waals surface area contributed by atoms with Crippen molar-refractivity contribution in [1.29, 1.82) is 0 Å². The zero-order valence-corrected chi connectivity index (χ0v) is 16.6. The van der Waals surface area contributed by atoms with Crippen LogP contribution in [0.15, 0.2) is 36.7 Å². The fourth-order valence-electron chi connectivity index (χ4n) is 3.01. The standard InChI is InChI=1S/C22H24FN3O2/c1-5-6-9-28-22-8-7-16(12-25-22)18-10-17-14(2)21(26(4)15(3)27)13-24-20(17)11-19(18)23/h7-8,10-13H,5-6,9H2,1-4H3. The number of anilines is 1. The Labute approximate surface area is 164 Å². The SMILES string of the molecule is CCCCOc1ccc(-c2cc3c(C)c(N(C)C(C)=O)cnc3cc2F)cn1. The first-order valence-corrected chi connectivity index (χ1v) is 9.34. The van der Waals surface area contributed by atoms with Crippen LogP contribution in [0.25, 0.3) is 22.0 Å². The number of fused-ring (bicyclic) bond motifs is 1. The number of pyridine rings is 2. The molecule has 0 bridgehead atoms. The Morgan fingerprint density at radius 1 is 1.21 bits per heavy atom. The molecule has 0 saturated carbocycles. The van der Waals surface area contributed by atoms with Gasteiger partial charge in [-0.25, -0.2) is 9.37 Å². The maximum atomic E-state index is 14.7. The second-order valence-electron chi connectivity index (χ2n) is 6.78. The summed E-state index contributed by atoms with van der Waals surface area (Å²) in [7, 11) is 1.70. The normalized spacial score (nSPS) is 10.9. The molecule has 28 heavy (non-hydrogen) atoms. The van der Waals surface area contributed by atoms with E-state index in [1.54, 1.807) is 37.6 Å². The molecule has 0 atom stereocenters. The number of carbonyl (C=O) groups is 1. The third-order valence-electron chi connectivity index (χ3n) is 4.83. The number of benzene rings is 1. The van der Waals surface area contributed by atoms with Gasteiger partial charge in [-0.1, -0.05) is 13.3 Å². The summed E-state index contributed by atoms with van der Waals surface area (Å²) in [5.74, 6) is 0.0737. The van der Waals surface area contributed by atoms with Crippen LogP contribution in [0.1, 0.15) is 32.3 Å². The van der Waals surface area contributed by atoms with Crippen LogP contribution in [0.5, 0.6) is 5.88 Å². The lowest BCUT2D eigenvalue weighted by Crippen LogP contribution is -2.23. The Morgan fingerprint density at radius 2 is 2.00 bits per heavy atom. The number of amides is 1. The molecular weight excluding hydrogens is 357 g/mol. The summed E-state index contributed by atoms with van der Waals surface area (Å²) in [6.07, 6.45) is 5.22. The first-order valence-electron chi connectivity index (χ1n) is 9.34. The van der Waals surface area contributed by atoms with Gasteiger partial charge in [0.1, 0.15) is 5.82 Å². The lowest BCUT2D eigenvalue weighted by Gasteiger charge is -2.19. The van der Waals surface area contributed by atoms with Crippen molar-refractivity contribution >= 4 is 22.5 Å². The number of aryl methyl sites for hydroxylation is 1. The maximum Gasteiger partial charge on any atom is 0.223 e. The first kappa shape index (κ1) is 19.7. The fourth-order valence-corrected chi connectivity index (χ4v) is 3.01. The van der Waals surface area contributed by atoms with Gasteiger partial charge in [-0.2, -0.15) is 0 Å². The van der Waals surface area contributed by atoms with Crippen LogP contribution in [-0.4, -0.2) is 29.5 Å². The van der Waals surface area contributed by atoms with E-state index in [1.165, 1.54) is 17.9 Å². The number of nitrogens with zero attached hydrogens (tertiary/aromatic N) is 3. The van der Waals surface area contributed by atoms with Crippen molar-refractivity contribution in [3.63, 3.8) is 0 Å². The van der Waals surface area contributed by atoms with Gasteiger partial charge in [0.2, 0.25) is 11.8 Å². The van der Waals surface area contributed by atoms with Crippen molar-refractivity contribution in [3.05, 3.63) is 48.0 Å².